The lowest BCUT2D eigenvalue weighted by Gasteiger charge is -2.15. The Labute approximate surface area is 124 Å². The second-order valence-corrected chi connectivity index (χ2v) is 6.22. The minimum absolute atomic E-state index is 0.127. The van der Waals surface area contributed by atoms with Gasteiger partial charge < -0.3 is 10.2 Å². The first-order valence-corrected chi connectivity index (χ1v) is 7.94. The van der Waals surface area contributed by atoms with Crippen LogP contribution in [0.4, 0.5) is 11.4 Å². The van der Waals surface area contributed by atoms with Crippen LogP contribution in [-0.4, -0.2) is 52.0 Å². The molecule has 1 aromatic carbocycles. The Bertz CT molecular complexity index is 603. The van der Waals surface area contributed by atoms with Gasteiger partial charge in [0.05, 0.1) is 10.6 Å². The SMILES string of the molecule is CCN(C)CCNS(=O)(=O)c1cc([N+](=O)[O-])ccc1NC. The van der Waals surface area contributed by atoms with Crippen LogP contribution in [0.2, 0.25) is 0 Å². The molecule has 0 bridgehead atoms. The monoisotopic (exact) mass is 316 g/mol. The van der Waals surface area contributed by atoms with E-state index in [9.17, 15) is 18.5 Å². The summed E-state index contributed by atoms with van der Waals surface area (Å²) in [4.78, 5) is 12.0. The zero-order valence-electron chi connectivity index (χ0n) is 12.3. The van der Waals surface area contributed by atoms with Crippen LogP contribution >= 0.6 is 0 Å². The van der Waals surface area contributed by atoms with Crippen molar-refractivity contribution in [3.63, 3.8) is 0 Å². The normalized spacial score (nSPS) is 11.6. The van der Waals surface area contributed by atoms with Crippen LogP contribution in [0.25, 0.3) is 0 Å². The third-order valence-electron chi connectivity index (χ3n) is 3.06. The Morgan fingerprint density at radius 2 is 2.05 bits per heavy atom. The lowest BCUT2D eigenvalue weighted by Crippen LogP contribution is -2.33. The molecule has 0 aromatic heterocycles. The molecule has 0 fully saturated rings. The number of nitro groups is 1. The van der Waals surface area contributed by atoms with E-state index < -0.39 is 14.9 Å². The number of benzene rings is 1. The van der Waals surface area contributed by atoms with E-state index in [1.54, 1.807) is 7.05 Å². The molecule has 0 atom stereocenters. The van der Waals surface area contributed by atoms with Crippen LogP contribution in [0.1, 0.15) is 6.92 Å². The quantitative estimate of drug-likeness (QED) is 0.544. The molecule has 0 unspecified atom stereocenters. The molecule has 0 aliphatic rings. The van der Waals surface area contributed by atoms with Crippen LogP contribution in [0.5, 0.6) is 0 Å². The van der Waals surface area contributed by atoms with Crippen LogP contribution in [0, 0.1) is 10.1 Å². The summed E-state index contributed by atoms with van der Waals surface area (Å²) in [7, 11) is -0.370. The molecule has 1 aromatic rings. The number of likely N-dealkylation sites (N-methyl/N-ethyl adjacent to an activating group) is 1. The molecule has 8 nitrogen and oxygen atoms in total. The van der Waals surface area contributed by atoms with E-state index in [0.29, 0.717) is 12.2 Å². The van der Waals surface area contributed by atoms with Crippen LogP contribution < -0.4 is 10.0 Å². The zero-order valence-corrected chi connectivity index (χ0v) is 13.1. The van der Waals surface area contributed by atoms with Crippen LogP contribution in [-0.2, 0) is 10.0 Å². The van der Waals surface area contributed by atoms with Gasteiger partial charge in [0.15, 0.2) is 0 Å². The van der Waals surface area contributed by atoms with Gasteiger partial charge in [-0.3, -0.25) is 10.1 Å². The van der Waals surface area contributed by atoms with Gasteiger partial charge in [-0.2, -0.15) is 0 Å². The van der Waals surface area contributed by atoms with Gasteiger partial charge in [-0.1, -0.05) is 6.92 Å². The van der Waals surface area contributed by atoms with E-state index in [-0.39, 0.29) is 17.1 Å². The molecule has 0 aliphatic carbocycles. The topological polar surface area (TPSA) is 105 Å². The summed E-state index contributed by atoms with van der Waals surface area (Å²) in [5.41, 5.74) is 0.0528. The fourth-order valence-corrected chi connectivity index (χ4v) is 2.91. The molecule has 0 spiro atoms. The summed E-state index contributed by atoms with van der Waals surface area (Å²) in [5, 5.41) is 13.5. The van der Waals surface area contributed by atoms with Crippen molar-refractivity contribution in [2.45, 2.75) is 11.8 Å². The highest BCUT2D eigenvalue weighted by atomic mass is 32.2. The summed E-state index contributed by atoms with van der Waals surface area (Å²) in [6, 6.07) is 3.69. The lowest BCUT2D eigenvalue weighted by molar-refractivity contribution is -0.385. The van der Waals surface area contributed by atoms with Crippen molar-refractivity contribution < 1.29 is 13.3 Å². The molecular formula is C12H20N4O4S. The molecule has 0 amide bonds. The van der Waals surface area contributed by atoms with Crippen molar-refractivity contribution in [1.29, 1.82) is 0 Å². The summed E-state index contributed by atoms with van der Waals surface area (Å²) in [6.07, 6.45) is 0. The number of rotatable bonds is 8. The van der Waals surface area contributed by atoms with Crippen molar-refractivity contribution in [3.8, 4) is 0 Å². The number of hydrogen-bond donors (Lipinski definition) is 2. The van der Waals surface area contributed by atoms with Gasteiger partial charge in [-0.05, 0) is 19.7 Å². The van der Waals surface area contributed by atoms with Crippen LogP contribution in [0.15, 0.2) is 23.1 Å². The highest BCUT2D eigenvalue weighted by molar-refractivity contribution is 7.89. The zero-order chi connectivity index (χ0) is 16.0. The number of anilines is 1. The minimum atomic E-state index is -3.81. The third kappa shape index (κ3) is 4.66. The number of nitrogens with one attached hydrogen (secondary N) is 2. The van der Waals surface area contributed by atoms with Crippen molar-refractivity contribution in [1.82, 2.24) is 9.62 Å². The second kappa shape index (κ2) is 7.34. The van der Waals surface area contributed by atoms with Crippen LogP contribution in [0.3, 0.4) is 0 Å². The molecule has 0 heterocycles. The van der Waals surface area contributed by atoms with Crippen molar-refractivity contribution >= 4 is 21.4 Å². The molecule has 21 heavy (non-hydrogen) atoms. The summed E-state index contributed by atoms with van der Waals surface area (Å²) in [5.74, 6) is 0. The van der Waals surface area contributed by atoms with E-state index in [2.05, 4.69) is 10.0 Å². The molecule has 0 radical (unpaired) electrons. The fourth-order valence-electron chi connectivity index (χ4n) is 1.66. The maximum absolute atomic E-state index is 12.3. The Morgan fingerprint density at radius 3 is 2.57 bits per heavy atom. The maximum Gasteiger partial charge on any atom is 0.270 e. The van der Waals surface area contributed by atoms with Gasteiger partial charge in [0.1, 0.15) is 4.90 Å². The lowest BCUT2D eigenvalue weighted by atomic mass is 10.3. The number of non-ortho nitro benzene ring substituents is 1. The number of hydrogen-bond acceptors (Lipinski definition) is 6. The van der Waals surface area contributed by atoms with Gasteiger partial charge >= 0.3 is 0 Å². The Kier molecular flexibility index (Phi) is 6.06. The van der Waals surface area contributed by atoms with E-state index >= 15 is 0 Å². The maximum atomic E-state index is 12.3. The Hall–Kier alpha value is -1.71. The van der Waals surface area contributed by atoms with Gasteiger partial charge in [0.25, 0.3) is 5.69 Å². The number of sulfonamides is 1. The molecule has 0 saturated heterocycles. The first kappa shape index (κ1) is 17.3. The Balaban J connectivity index is 3.00. The average molecular weight is 316 g/mol. The third-order valence-corrected chi connectivity index (χ3v) is 4.56. The van der Waals surface area contributed by atoms with Gasteiger partial charge in [-0.15, -0.1) is 0 Å². The van der Waals surface area contributed by atoms with Crippen molar-refractivity contribution in [2.24, 2.45) is 0 Å². The summed E-state index contributed by atoms with van der Waals surface area (Å²) < 4.78 is 27.0. The van der Waals surface area contributed by atoms with E-state index in [4.69, 9.17) is 0 Å². The van der Waals surface area contributed by atoms with E-state index in [1.807, 2.05) is 18.9 Å². The summed E-state index contributed by atoms with van der Waals surface area (Å²) >= 11 is 0. The van der Waals surface area contributed by atoms with Crippen molar-refractivity contribution in [3.05, 3.63) is 28.3 Å². The Morgan fingerprint density at radius 1 is 1.38 bits per heavy atom. The minimum Gasteiger partial charge on any atom is -0.387 e. The number of nitro benzene ring substituents is 1. The predicted octanol–water partition coefficient (Wildman–Crippen LogP) is 0.866. The second-order valence-electron chi connectivity index (χ2n) is 4.48. The van der Waals surface area contributed by atoms with Crippen molar-refractivity contribution in [2.75, 3.05) is 39.0 Å². The van der Waals surface area contributed by atoms with Gasteiger partial charge in [0.2, 0.25) is 10.0 Å². The fraction of sp³-hybridized carbons (Fsp3) is 0.500. The molecule has 2 N–H and O–H groups in total. The average Bonchev–Trinajstić information content (AvgIpc) is 2.45. The first-order valence-electron chi connectivity index (χ1n) is 6.46. The van der Waals surface area contributed by atoms with Gasteiger partial charge in [-0.25, -0.2) is 13.1 Å². The highest BCUT2D eigenvalue weighted by Crippen LogP contribution is 2.25. The molecule has 0 saturated carbocycles. The largest absolute Gasteiger partial charge is 0.387 e. The smallest absolute Gasteiger partial charge is 0.270 e. The molecule has 0 aliphatic heterocycles. The van der Waals surface area contributed by atoms with E-state index in [0.717, 1.165) is 12.6 Å². The van der Waals surface area contributed by atoms with E-state index in [1.165, 1.54) is 12.1 Å². The first-order chi connectivity index (χ1) is 9.81. The standard InChI is InChI=1S/C12H20N4O4S/c1-4-15(3)8-7-14-21(19,20)12-9-10(16(17)18)5-6-11(12)13-2/h5-6,9,13-14H,4,7-8H2,1-3H3. The number of nitrogens with zero attached hydrogens (tertiary/aromatic N) is 2. The molecular weight excluding hydrogens is 296 g/mol. The highest BCUT2D eigenvalue weighted by Gasteiger charge is 2.21. The van der Waals surface area contributed by atoms with Gasteiger partial charge in [0, 0.05) is 32.3 Å². The predicted molar refractivity (Wildman–Crippen MR) is 81.0 cm³/mol. The summed E-state index contributed by atoms with van der Waals surface area (Å²) in [6.45, 7) is 3.56. The molecule has 9 heteroatoms. The molecule has 118 valence electrons. The molecule has 1 rings (SSSR count).